The average Bonchev–Trinajstić information content (AvgIpc) is 3.36. The van der Waals surface area contributed by atoms with Crippen LogP contribution in [-0.2, 0) is 16.2 Å². The third-order valence-electron chi connectivity index (χ3n) is 9.55. The Morgan fingerprint density at radius 2 is 1.10 bits per heavy atom. The summed E-state index contributed by atoms with van der Waals surface area (Å²) in [4.78, 5) is 0. The second kappa shape index (κ2) is 11.6. The molecule has 1 heterocycles. The molecule has 0 amide bonds. The van der Waals surface area contributed by atoms with Gasteiger partial charge in [-0.05, 0) is 97.7 Å². The van der Waals surface area contributed by atoms with Crippen LogP contribution in [0.3, 0.4) is 0 Å². The molecule has 0 spiro atoms. The minimum Gasteiger partial charge on any atom is -0.309 e. The SMILES string of the molecule is [B]c1c([B])c([B])c(-c2cccc3c2c2c(C(C)(C)C)c(-c4cc#ccc4)ccc2n3-c2cc(C(C)(C)C)cc(C(C)(C)C)c2)c([B])c1[B]. The van der Waals surface area contributed by atoms with Crippen LogP contribution in [0.2, 0.25) is 0 Å². The summed E-state index contributed by atoms with van der Waals surface area (Å²) in [6.45, 7) is 20.4. The number of hydrogen-bond acceptors (Lipinski definition) is 0. The fourth-order valence-corrected chi connectivity index (χ4v) is 6.92. The standard InChI is InChI=1S/C42H38B5N/c1-40(2,3)24-20-25(41(4,5)6)22-26(21-24)48-29-17-13-16-28(32-35(43)37(45)39(47)38(46)36(32)44)31(29)33-30(48)19-18-27(34(33)42(7,8)9)23-14-11-10-12-15-23/h11,13-22H,1-9H3. The molecule has 0 saturated heterocycles. The Labute approximate surface area is 294 Å². The average molecular weight is 611 g/mol. The van der Waals surface area contributed by atoms with Gasteiger partial charge in [0, 0.05) is 16.5 Å². The van der Waals surface area contributed by atoms with Crippen LogP contribution in [0.25, 0.3) is 49.7 Å². The van der Waals surface area contributed by atoms with Gasteiger partial charge in [0.05, 0.1) is 11.0 Å². The summed E-state index contributed by atoms with van der Waals surface area (Å²) in [6, 6.07) is 30.0. The van der Waals surface area contributed by atoms with Crippen molar-refractivity contribution < 1.29 is 0 Å². The zero-order valence-electron chi connectivity index (χ0n) is 29.7. The van der Waals surface area contributed by atoms with Crippen molar-refractivity contribution >= 4 is 88.4 Å². The molecule has 0 bridgehead atoms. The van der Waals surface area contributed by atoms with E-state index in [0.29, 0.717) is 16.5 Å². The molecular weight excluding hydrogens is 573 g/mol. The molecule has 6 heteroatoms. The lowest BCUT2D eigenvalue weighted by Crippen LogP contribution is -2.55. The molecule has 10 radical (unpaired) electrons. The lowest BCUT2D eigenvalue weighted by molar-refractivity contribution is 0.568. The Balaban J connectivity index is 1.90. The molecule has 6 rings (SSSR count). The molecule has 5 aromatic carbocycles. The summed E-state index contributed by atoms with van der Waals surface area (Å²) in [5.41, 5.74) is 11.5. The van der Waals surface area contributed by atoms with Gasteiger partial charge in [-0.3, -0.25) is 0 Å². The van der Waals surface area contributed by atoms with E-state index in [2.05, 4.69) is 128 Å². The summed E-state index contributed by atoms with van der Waals surface area (Å²) < 4.78 is 2.39. The van der Waals surface area contributed by atoms with Crippen LogP contribution < -0.4 is 27.3 Å². The summed E-state index contributed by atoms with van der Waals surface area (Å²) >= 11 is 0. The highest BCUT2D eigenvalue weighted by Crippen LogP contribution is 2.46. The van der Waals surface area contributed by atoms with Crippen LogP contribution in [-0.4, -0.2) is 43.8 Å². The summed E-state index contributed by atoms with van der Waals surface area (Å²) in [5, 5.41) is 2.14. The minimum absolute atomic E-state index is 0.0631. The zero-order valence-corrected chi connectivity index (χ0v) is 29.7. The summed E-state index contributed by atoms with van der Waals surface area (Å²) in [7, 11) is 32.7. The molecule has 0 aliphatic heterocycles. The van der Waals surface area contributed by atoms with Gasteiger partial charge in [-0.2, -0.15) is 0 Å². The largest absolute Gasteiger partial charge is 0.309 e. The molecule has 48 heavy (non-hydrogen) atoms. The normalized spacial score (nSPS) is 12.5. The van der Waals surface area contributed by atoms with E-state index in [1.807, 2.05) is 18.2 Å². The van der Waals surface area contributed by atoms with Crippen molar-refractivity contribution in [3.05, 3.63) is 95.6 Å². The monoisotopic (exact) mass is 611 g/mol. The molecule has 0 aliphatic carbocycles. The van der Waals surface area contributed by atoms with Crippen molar-refractivity contribution in [3.63, 3.8) is 0 Å². The van der Waals surface area contributed by atoms with Crippen LogP contribution in [0, 0.1) is 12.1 Å². The fraction of sp³-hybridized carbons (Fsp3) is 0.286. The van der Waals surface area contributed by atoms with E-state index >= 15 is 0 Å². The molecule has 6 aromatic rings. The molecule has 0 fully saturated rings. The Morgan fingerprint density at radius 1 is 0.542 bits per heavy atom. The summed E-state index contributed by atoms with van der Waals surface area (Å²) in [6.07, 6.45) is 0. The van der Waals surface area contributed by atoms with E-state index in [1.165, 1.54) is 16.7 Å². The Morgan fingerprint density at radius 3 is 1.62 bits per heavy atom. The maximum Gasteiger partial charge on any atom is 0.113 e. The highest BCUT2D eigenvalue weighted by atomic mass is 15.0. The molecule has 1 aromatic heterocycles. The molecule has 0 saturated carbocycles. The van der Waals surface area contributed by atoms with E-state index in [-0.39, 0.29) is 32.6 Å². The van der Waals surface area contributed by atoms with Gasteiger partial charge in [0.2, 0.25) is 0 Å². The van der Waals surface area contributed by atoms with Crippen molar-refractivity contribution in [3.8, 4) is 27.9 Å². The van der Waals surface area contributed by atoms with Crippen LogP contribution in [0.1, 0.15) is 79.0 Å². The molecule has 1 nitrogen and oxygen atoms in total. The molecule has 0 atom stereocenters. The smallest absolute Gasteiger partial charge is 0.113 e. The topological polar surface area (TPSA) is 4.93 Å². The van der Waals surface area contributed by atoms with Gasteiger partial charge in [0.25, 0.3) is 0 Å². The second-order valence-corrected chi connectivity index (χ2v) is 16.1. The zero-order chi connectivity index (χ0) is 35.1. The second-order valence-electron chi connectivity index (χ2n) is 16.1. The van der Waals surface area contributed by atoms with E-state index < -0.39 is 0 Å². The van der Waals surface area contributed by atoms with Crippen molar-refractivity contribution in [2.75, 3.05) is 0 Å². The third-order valence-corrected chi connectivity index (χ3v) is 9.55. The molecule has 0 aliphatic rings. The number of rotatable bonds is 3. The van der Waals surface area contributed by atoms with Crippen LogP contribution in [0.5, 0.6) is 0 Å². The fourth-order valence-electron chi connectivity index (χ4n) is 6.92. The van der Waals surface area contributed by atoms with Gasteiger partial charge < -0.3 is 4.57 Å². The first-order chi connectivity index (χ1) is 22.3. The molecule has 226 valence electrons. The first-order valence-electron chi connectivity index (χ1n) is 16.5. The van der Waals surface area contributed by atoms with Crippen LogP contribution >= 0.6 is 0 Å². The number of aromatic nitrogens is 1. The van der Waals surface area contributed by atoms with Gasteiger partial charge in [-0.25, -0.2) is 0 Å². The maximum atomic E-state index is 6.76. The van der Waals surface area contributed by atoms with Crippen LogP contribution in [0.15, 0.2) is 66.7 Å². The Kier molecular flexibility index (Phi) is 8.19. The van der Waals surface area contributed by atoms with Crippen molar-refractivity contribution in [1.29, 1.82) is 0 Å². The van der Waals surface area contributed by atoms with Gasteiger partial charge >= 0.3 is 0 Å². The lowest BCUT2D eigenvalue weighted by Gasteiger charge is -2.27. The highest BCUT2D eigenvalue weighted by molar-refractivity contribution is 6.69. The van der Waals surface area contributed by atoms with Crippen molar-refractivity contribution in [2.45, 2.75) is 78.6 Å². The van der Waals surface area contributed by atoms with Crippen molar-refractivity contribution in [1.82, 2.24) is 4.57 Å². The highest BCUT2D eigenvalue weighted by Gasteiger charge is 2.29. The predicted molar refractivity (Wildman–Crippen MR) is 212 cm³/mol. The first-order valence-corrected chi connectivity index (χ1v) is 16.5. The van der Waals surface area contributed by atoms with Gasteiger partial charge in [0.15, 0.2) is 0 Å². The van der Waals surface area contributed by atoms with Crippen LogP contribution in [0.4, 0.5) is 0 Å². The lowest BCUT2D eigenvalue weighted by atomic mass is 9.59. The Hall–Kier alpha value is -3.96. The number of benzene rings is 4. The molecule has 0 unspecified atom stereocenters. The molecule has 0 N–H and O–H groups in total. The maximum absolute atomic E-state index is 6.76. The number of nitrogens with zero attached hydrogens (tertiary/aromatic N) is 1. The van der Waals surface area contributed by atoms with E-state index in [4.69, 9.17) is 39.2 Å². The predicted octanol–water partition coefficient (Wildman–Crippen LogP) is 5.58. The van der Waals surface area contributed by atoms with Gasteiger partial charge in [-0.1, -0.05) is 110 Å². The van der Waals surface area contributed by atoms with Gasteiger partial charge in [0.1, 0.15) is 39.2 Å². The minimum atomic E-state index is -0.263. The van der Waals surface area contributed by atoms with Gasteiger partial charge in [-0.15, -0.1) is 16.4 Å². The third kappa shape index (κ3) is 5.54. The number of hydrogen-bond donors (Lipinski definition) is 0. The quantitative estimate of drug-likeness (QED) is 0.231. The molecular formula is C42H38B5N. The first kappa shape index (κ1) is 33.9. The Bertz CT molecular complexity index is 2160. The summed E-state index contributed by atoms with van der Waals surface area (Å²) in [5.74, 6) is 0. The van der Waals surface area contributed by atoms with E-state index in [0.717, 1.165) is 44.2 Å². The van der Waals surface area contributed by atoms with E-state index in [1.54, 1.807) is 0 Å². The van der Waals surface area contributed by atoms with E-state index in [9.17, 15) is 0 Å². The van der Waals surface area contributed by atoms with Crippen molar-refractivity contribution in [2.24, 2.45) is 0 Å². The number of fused-ring (bicyclic) bond motifs is 3.